The molecule has 7 heteroatoms. The number of hydrogen-bond acceptors (Lipinski definition) is 5. The molecule has 0 saturated carbocycles. The van der Waals surface area contributed by atoms with Crippen LogP contribution in [-0.4, -0.2) is 31.8 Å². The number of benzene rings is 2. The van der Waals surface area contributed by atoms with Crippen molar-refractivity contribution < 1.29 is 19.0 Å². The van der Waals surface area contributed by atoms with E-state index in [1.165, 1.54) is 25.6 Å². The molecule has 0 aliphatic carbocycles. The highest BCUT2D eigenvalue weighted by Crippen LogP contribution is 2.31. The fraction of sp³-hybridized carbons (Fsp3) is 0.200. The van der Waals surface area contributed by atoms with Crippen molar-refractivity contribution in [2.45, 2.75) is 6.54 Å². The molecule has 1 amide bonds. The summed E-state index contributed by atoms with van der Waals surface area (Å²) >= 11 is 1.42. The molecule has 1 heterocycles. The molecule has 0 radical (unpaired) electrons. The van der Waals surface area contributed by atoms with Gasteiger partial charge in [0, 0.05) is 6.54 Å². The van der Waals surface area contributed by atoms with E-state index >= 15 is 0 Å². The number of carbonyl (C=O) groups excluding carboxylic acids is 1. The number of thiazole rings is 1. The van der Waals surface area contributed by atoms with Gasteiger partial charge in [-0.3, -0.25) is 4.79 Å². The molecule has 0 aliphatic rings. The average Bonchev–Trinajstić information content (AvgIpc) is 3.03. The van der Waals surface area contributed by atoms with E-state index in [1.807, 2.05) is 22.8 Å². The summed E-state index contributed by atoms with van der Waals surface area (Å²) in [6.07, 6.45) is 1.77. The lowest BCUT2D eigenvalue weighted by atomic mass is 10.2. The fourth-order valence-corrected chi connectivity index (χ4v) is 3.84. The minimum absolute atomic E-state index is 0.344. The summed E-state index contributed by atoms with van der Waals surface area (Å²) in [7, 11) is 4.65. The van der Waals surface area contributed by atoms with Gasteiger partial charge in [0.25, 0.3) is 5.91 Å². The molecule has 3 rings (SSSR count). The number of hydrogen-bond donors (Lipinski definition) is 0. The van der Waals surface area contributed by atoms with Crippen LogP contribution < -0.4 is 19.0 Å². The van der Waals surface area contributed by atoms with Crippen molar-refractivity contribution in [1.82, 2.24) is 4.57 Å². The molecular formula is C20H20N2O4S. The highest BCUT2D eigenvalue weighted by atomic mass is 32.1. The third-order valence-electron chi connectivity index (χ3n) is 4.03. The quantitative estimate of drug-likeness (QED) is 0.609. The van der Waals surface area contributed by atoms with E-state index in [1.54, 1.807) is 31.4 Å². The molecule has 0 saturated heterocycles. The van der Waals surface area contributed by atoms with Crippen LogP contribution in [0.5, 0.6) is 17.2 Å². The minimum atomic E-state index is -0.401. The summed E-state index contributed by atoms with van der Waals surface area (Å²) in [5.74, 6) is 1.20. The fourth-order valence-electron chi connectivity index (χ4n) is 2.77. The maximum atomic E-state index is 12.9. The topological polar surface area (TPSA) is 62.1 Å². The SMILES string of the molecule is C=CCn1c(=NC(=O)c2cccc(OC)c2OC)sc2cc(OC)ccc21. The van der Waals surface area contributed by atoms with E-state index in [-0.39, 0.29) is 0 Å². The van der Waals surface area contributed by atoms with Crippen LogP contribution in [0.15, 0.2) is 54.0 Å². The Kier molecular flexibility index (Phi) is 5.61. The zero-order chi connectivity index (χ0) is 19.4. The summed E-state index contributed by atoms with van der Waals surface area (Å²) in [5.41, 5.74) is 1.31. The predicted molar refractivity (Wildman–Crippen MR) is 106 cm³/mol. The van der Waals surface area contributed by atoms with E-state index in [0.29, 0.717) is 28.4 Å². The molecule has 3 aromatic rings. The number of para-hydroxylation sites is 1. The molecular weight excluding hydrogens is 364 g/mol. The Balaban J connectivity index is 2.16. The Morgan fingerprint density at radius 1 is 1.19 bits per heavy atom. The van der Waals surface area contributed by atoms with Gasteiger partial charge in [-0.25, -0.2) is 0 Å². The molecule has 0 aliphatic heterocycles. The summed E-state index contributed by atoms with van der Waals surface area (Å²) in [6.45, 7) is 4.34. The first-order valence-corrected chi connectivity index (χ1v) is 9.03. The van der Waals surface area contributed by atoms with E-state index in [9.17, 15) is 4.79 Å². The molecule has 0 unspecified atom stereocenters. The highest BCUT2D eigenvalue weighted by Gasteiger charge is 2.16. The van der Waals surface area contributed by atoms with E-state index in [4.69, 9.17) is 14.2 Å². The largest absolute Gasteiger partial charge is 0.497 e. The number of fused-ring (bicyclic) bond motifs is 1. The van der Waals surface area contributed by atoms with Gasteiger partial charge in [0.2, 0.25) is 0 Å². The Morgan fingerprint density at radius 3 is 2.67 bits per heavy atom. The van der Waals surface area contributed by atoms with Crippen molar-refractivity contribution in [3.05, 3.63) is 59.4 Å². The third-order valence-corrected chi connectivity index (χ3v) is 5.07. The minimum Gasteiger partial charge on any atom is -0.497 e. The number of nitrogens with zero attached hydrogens (tertiary/aromatic N) is 2. The number of ether oxygens (including phenoxy) is 3. The van der Waals surface area contributed by atoms with Crippen LogP contribution in [-0.2, 0) is 6.54 Å². The number of allylic oxidation sites excluding steroid dienone is 1. The monoisotopic (exact) mass is 384 g/mol. The first-order chi connectivity index (χ1) is 13.1. The predicted octanol–water partition coefficient (Wildman–Crippen LogP) is 3.66. The van der Waals surface area contributed by atoms with Crippen LogP contribution in [0.2, 0.25) is 0 Å². The zero-order valence-electron chi connectivity index (χ0n) is 15.4. The second-order valence-electron chi connectivity index (χ2n) is 5.58. The second kappa shape index (κ2) is 8.09. The van der Waals surface area contributed by atoms with Gasteiger partial charge >= 0.3 is 0 Å². The summed E-state index contributed by atoms with van der Waals surface area (Å²) in [5, 5.41) is 0. The highest BCUT2D eigenvalue weighted by molar-refractivity contribution is 7.16. The Bertz CT molecular complexity index is 1070. The van der Waals surface area contributed by atoms with Crippen molar-refractivity contribution in [1.29, 1.82) is 0 Å². The van der Waals surface area contributed by atoms with Gasteiger partial charge < -0.3 is 18.8 Å². The molecule has 0 fully saturated rings. The number of amides is 1. The van der Waals surface area contributed by atoms with Gasteiger partial charge in [0.05, 0.1) is 37.1 Å². The normalized spacial score (nSPS) is 11.4. The number of carbonyl (C=O) groups is 1. The van der Waals surface area contributed by atoms with Crippen molar-refractivity contribution in [2.75, 3.05) is 21.3 Å². The first kappa shape index (κ1) is 18.7. The van der Waals surface area contributed by atoms with Crippen molar-refractivity contribution in [2.24, 2.45) is 4.99 Å². The van der Waals surface area contributed by atoms with E-state index in [2.05, 4.69) is 11.6 Å². The van der Waals surface area contributed by atoms with Crippen LogP contribution in [0.3, 0.4) is 0 Å². The molecule has 140 valence electrons. The summed E-state index contributed by atoms with van der Waals surface area (Å²) < 4.78 is 18.8. The van der Waals surface area contributed by atoms with E-state index in [0.717, 1.165) is 16.0 Å². The smallest absolute Gasteiger partial charge is 0.283 e. The summed E-state index contributed by atoms with van der Waals surface area (Å²) in [4.78, 5) is 17.8. The van der Waals surface area contributed by atoms with Crippen molar-refractivity contribution in [3.63, 3.8) is 0 Å². The Morgan fingerprint density at radius 2 is 2.00 bits per heavy atom. The molecule has 0 N–H and O–H groups in total. The molecule has 0 bridgehead atoms. The lowest BCUT2D eigenvalue weighted by Crippen LogP contribution is -2.16. The van der Waals surface area contributed by atoms with Crippen LogP contribution in [0.25, 0.3) is 10.2 Å². The van der Waals surface area contributed by atoms with Gasteiger partial charge in [-0.2, -0.15) is 4.99 Å². The lowest BCUT2D eigenvalue weighted by Gasteiger charge is -2.09. The van der Waals surface area contributed by atoms with Crippen LogP contribution in [0.4, 0.5) is 0 Å². The third kappa shape index (κ3) is 3.59. The Hall–Kier alpha value is -3.06. The zero-order valence-corrected chi connectivity index (χ0v) is 16.2. The second-order valence-corrected chi connectivity index (χ2v) is 6.58. The maximum Gasteiger partial charge on any atom is 0.283 e. The molecule has 0 spiro atoms. The van der Waals surface area contributed by atoms with Crippen LogP contribution in [0.1, 0.15) is 10.4 Å². The van der Waals surface area contributed by atoms with Crippen molar-refractivity contribution >= 4 is 27.5 Å². The van der Waals surface area contributed by atoms with Crippen LogP contribution >= 0.6 is 11.3 Å². The molecule has 6 nitrogen and oxygen atoms in total. The first-order valence-electron chi connectivity index (χ1n) is 8.21. The number of methoxy groups -OCH3 is 3. The average molecular weight is 384 g/mol. The van der Waals surface area contributed by atoms with Gasteiger partial charge in [-0.15, -0.1) is 6.58 Å². The van der Waals surface area contributed by atoms with Gasteiger partial charge in [0.1, 0.15) is 5.75 Å². The van der Waals surface area contributed by atoms with Gasteiger partial charge in [-0.05, 0) is 30.3 Å². The van der Waals surface area contributed by atoms with Crippen LogP contribution in [0, 0.1) is 0 Å². The van der Waals surface area contributed by atoms with Gasteiger partial charge in [-0.1, -0.05) is 23.5 Å². The molecule has 0 atom stereocenters. The van der Waals surface area contributed by atoms with Gasteiger partial charge in [0.15, 0.2) is 16.3 Å². The molecule has 2 aromatic carbocycles. The lowest BCUT2D eigenvalue weighted by molar-refractivity contribution is 0.0994. The molecule has 1 aromatic heterocycles. The summed E-state index contributed by atoms with van der Waals surface area (Å²) in [6, 6.07) is 10.9. The maximum absolute atomic E-state index is 12.9. The van der Waals surface area contributed by atoms with E-state index < -0.39 is 5.91 Å². The Labute approximate surface area is 161 Å². The number of rotatable bonds is 6. The van der Waals surface area contributed by atoms with Crippen molar-refractivity contribution in [3.8, 4) is 17.2 Å². The number of aromatic nitrogens is 1. The molecule has 27 heavy (non-hydrogen) atoms. The standard InChI is InChI=1S/C20H20N2O4S/c1-5-11-22-15-10-9-13(24-2)12-17(15)27-20(22)21-19(23)14-7-6-8-16(25-3)18(14)26-4/h5-10,12H,1,11H2,2-4H3.